The van der Waals surface area contributed by atoms with Gasteiger partial charge in [0.2, 0.25) is 0 Å². The number of hydrogen-bond acceptors (Lipinski definition) is 8. The van der Waals surface area contributed by atoms with Gasteiger partial charge in [0.1, 0.15) is 16.4 Å². The number of methoxy groups -OCH3 is 2. The molecule has 1 aliphatic carbocycles. The number of halogens is 3. The summed E-state index contributed by atoms with van der Waals surface area (Å²) in [6.07, 6.45) is 6.17. The fourth-order valence-corrected chi connectivity index (χ4v) is 7.23. The summed E-state index contributed by atoms with van der Waals surface area (Å²) in [5.41, 5.74) is -2.50. The van der Waals surface area contributed by atoms with Gasteiger partial charge in [0.05, 0.1) is 26.9 Å². The van der Waals surface area contributed by atoms with Crippen molar-refractivity contribution >= 4 is 33.0 Å². The van der Waals surface area contributed by atoms with Crippen LogP contribution < -0.4 is 4.74 Å². The van der Waals surface area contributed by atoms with Crippen LogP contribution in [0.15, 0.2) is 66.4 Å². The highest BCUT2D eigenvalue weighted by molar-refractivity contribution is 7.87. The number of ether oxygens (including phenoxy) is 3. The maximum atomic E-state index is 13.3. The average molecular weight is 695 g/mol. The summed E-state index contributed by atoms with van der Waals surface area (Å²) in [5.74, 6) is -0.0171. The highest BCUT2D eigenvalue weighted by Crippen LogP contribution is 2.44. The van der Waals surface area contributed by atoms with Crippen LogP contribution in [0.2, 0.25) is 0 Å². The van der Waals surface area contributed by atoms with Crippen molar-refractivity contribution in [2.45, 2.75) is 82.9 Å². The smallest absolute Gasteiger partial charge is 0.497 e. The van der Waals surface area contributed by atoms with Gasteiger partial charge in [-0.3, -0.25) is 0 Å². The minimum Gasteiger partial charge on any atom is -0.497 e. The van der Waals surface area contributed by atoms with Crippen LogP contribution in [0.1, 0.15) is 95.6 Å². The third-order valence-corrected chi connectivity index (χ3v) is 10.3. The lowest BCUT2D eigenvalue weighted by atomic mass is 9.89. The predicted octanol–water partition coefficient (Wildman–Crippen LogP) is 9.39. The topological polar surface area (TPSA) is 88.1 Å². The van der Waals surface area contributed by atoms with Gasteiger partial charge in [0.25, 0.3) is 0 Å². The molecule has 0 radical (unpaired) electrons. The lowest BCUT2D eigenvalue weighted by Crippen LogP contribution is -2.25. The first-order chi connectivity index (χ1) is 22.5. The molecule has 1 aliphatic rings. The highest BCUT2D eigenvalue weighted by atomic mass is 32.2. The molecule has 1 aromatic heterocycles. The summed E-state index contributed by atoms with van der Waals surface area (Å²) in [4.78, 5) is 13.3. The average Bonchev–Trinajstić information content (AvgIpc) is 3.69. The summed E-state index contributed by atoms with van der Waals surface area (Å²) in [6.45, 7) is 2.53. The molecule has 0 aliphatic heterocycles. The zero-order valence-corrected chi connectivity index (χ0v) is 28.4. The molecular weight excluding hydrogens is 654 g/mol. The number of carbonyl (C=O) groups is 1. The van der Waals surface area contributed by atoms with E-state index in [0.717, 1.165) is 47.4 Å². The van der Waals surface area contributed by atoms with E-state index in [9.17, 15) is 26.4 Å². The van der Waals surface area contributed by atoms with Gasteiger partial charge in [-0.25, -0.2) is 4.79 Å². The second-order valence-electron chi connectivity index (χ2n) is 11.5. The molecule has 3 aromatic rings. The minimum atomic E-state index is -5.82. The second kappa shape index (κ2) is 16.7. The number of esters is 1. The summed E-state index contributed by atoms with van der Waals surface area (Å²) < 4.78 is 85.1. The molecule has 7 nitrogen and oxygen atoms in total. The Morgan fingerprint density at radius 1 is 0.979 bits per heavy atom. The van der Waals surface area contributed by atoms with Gasteiger partial charge in [-0.05, 0) is 79.0 Å². The van der Waals surface area contributed by atoms with Gasteiger partial charge in [-0.15, -0.1) is 11.3 Å². The Morgan fingerprint density at radius 2 is 1.70 bits per heavy atom. The lowest BCUT2D eigenvalue weighted by molar-refractivity contribution is -0.0522. The number of aryl methyl sites for hydroxylation is 1. The summed E-state index contributed by atoms with van der Waals surface area (Å²) in [6, 6.07) is 18.7. The lowest BCUT2D eigenvalue weighted by Gasteiger charge is -2.21. The van der Waals surface area contributed by atoms with Crippen molar-refractivity contribution in [3.8, 4) is 5.75 Å². The van der Waals surface area contributed by atoms with Crippen molar-refractivity contribution in [3.05, 3.63) is 92.9 Å². The summed E-state index contributed by atoms with van der Waals surface area (Å²) in [5, 5.41) is 0. The molecule has 2 aromatic carbocycles. The normalized spacial score (nSPS) is 15.9. The van der Waals surface area contributed by atoms with E-state index in [-0.39, 0.29) is 24.2 Å². The van der Waals surface area contributed by atoms with Crippen LogP contribution in [-0.4, -0.2) is 34.1 Å². The van der Waals surface area contributed by atoms with Crippen LogP contribution >= 0.6 is 11.3 Å². The Labute approximate surface area is 278 Å². The van der Waals surface area contributed by atoms with E-state index < -0.39 is 21.6 Å². The van der Waals surface area contributed by atoms with Crippen LogP contribution in [-0.2, 0) is 36.8 Å². The Kier molecular flexibility index (Phi) is 12.9. The molecule has 0 saturated heterocycles. The van der Waals surface area contributed by atoms with Crippen molar-refractivity contribution in [3.63, 3.8) is 0 Å². The van der Waals surface area contributed by atoms with Gasteiger partial charge in [-0.1, -0.05) is 62.6 Å². The molecule has 1 heterocycles. The van der Waals surface area contributed by atoms with Gasteiger partial charge in [0, 0.05) is 16.9 Å². The maximum Gasteiger partial charge on any atom is 0.534 e. The third-order valence-electron chi connectivity index (χ3n) is 8.22. The van der Waals surface area contributed by atoms with Crippen LogP contribution in [0.25, 0.3) is 5.57 Å². The van der Waals surface area contributed by atoms with E-state index in [1.54, 1.807) is 13.2 Å². The molecule has 0 N–H and O–H groups in total. The first kappa shape index (κ1) is 36.5. The minimum absolute atomic E-state index is 0.0766. The van der Waals surface area contributed by atoms with Crippen molar-refractivity contribution in [1.82, 2.24) is 0 Å². The Hall–Kier alpha value is -3.35. The van der Waals surface area contributed by atoms with Crippen molar-refractivity contribution in [1.29, 1.82) is 0 Å². The molecule has 0 spiro atoms. The van der Waals surface area contributed by atoms with Crippen LogP contribution in [0, 0.1) is 5.92 Å². The van der Waals surface area contributed by atoms with Gasteiger partial charge >= 0.3 is 21.6 Å². The number of benzene rings is 2. The van der Waals surface area contributed by atoms with E-state index in [2.05, 4.69) is 6.92 Å². The van der Waals surface area contributed by atoms with E-state index >= 15 is 0 Å². The number of alkyl halides is 3. The molecule has 256 valence electrons. The first-order valence-electron chi connectivity index (χ1n) is 15.7. The number of rotatable bonds is 17. The standard InChI is InChI=1S/C35H41F3O7S2/c1-4-5-6-10-30(44-23-24-11-18-28(42-2)19-12-24)25-13-15-27(16-14-25)33-26(17-21-31(33)45-47(40,41)35(36,37)38)8-7-9-29-20-22-32(46-29)34(39)43-3/h11-16,18-20,22,26,30H,4-10,17,21,23H2,1-3H3/t26-,30?/m0/s1. The number of thiophene rings is 1. The fourth-order valence-electron chi connectivity index (χ4n) is 5.73. The van der Waals surface area contributed by atoms with Crippen molar-refractivity contribution in [2.75, 3.05) is 14.2 Å². The van der Waals surface area contributed by atoms with E-state index in [1.165, 1.54) is 18.4 Å². The van der Waals surface area contributed by atoms with Crippen LogP contribution in [0.5, 0.6) is 5.75 Å². The first-order valence-corrected chi connectivity index (χ1v) is 17.9. The van der Waals surface area contributed by atoms with E-state index in [0.29, 0.717) is 48.3 Å². The van der Waals surface area contributed by atoms with Crippen LogP contribution in [0.4, 0.5) is 13.2 Å². The maximum absolute atomic E-state index is 13.3. The molecule has 0 saturated carbocycles. The number of allylic oxidation sites excluding steroid dienone is 2. The van der Waals surface area contributed by atoms with Gasteiger partial charge in [0.15, 0.2) is 0 Å². The number of unbranched alkanes of at least 4 members (excludes halogenated alkanes) is 2. The zero-order valence-electron chi connectivity index (χ0n) is 26.8. The number of carbonyl (C=O) groups excluding carboxylic acids is 1. The summed E-state index contributed by atoms with van der Waals surface area (Å²) in [7, 11) is -2.88. The molecular formula is C35H41F3O7S2. The van der Waals surface area contributed by atoms with Crippen molar-refractivity contribution < 1.29 is 44.8 Å². The highest BCUT2D eigenvalue weighted by Gasteiger charge is 2.49. The van der Waals surface area contributed by atoms with Crippen LogP contribution in [0.3, 0.4) is 0 Å². The van der Waals surface area contributed by atoms with E-state index in [1.807, 2.05) is 54.6 Å². The molecule has 47 heavy (non-hydrogen) atoms. The quantitative estimate of drug-likeness (QED) is 0.0602. The molecule has 0 amide bonds. The zero-order chi connectivity index (χ0) is 34.0. The van der Waals surface area contributed by atoms with Gasteiger partial charge in [-0.2, -0.15) is 21.6 Å². The van der Waals surface area contributed by atoms with E-state index in [4.69, 9.17) is 18.4 Å². The monoisotopic (exact) mass is 694 g/mol. The second-order valence-corrected chi connectivity index (χ2v) is 14.2. The number of hydrogen-bond donors (Lipinski definition) is 0. The fraction of sp³-hybridized carbons (Fsp3) is 0.457. The molecule has 0 fully saturated rings. The Bertz CT molecular complexity index is 1590. The molecule has 1 unspecified atom stereocenters. The Balaban J connectivity index is 1.55. The molecule has 0 bridgehead atoms. The SMILES string of the molecule is CCCCCC(OCc1ccc(OC)cc1)c1ccc(C2=C(OS(=O)(=O)C(F)(F)F)CC[C@@H]2CCCc2ccc(C(=O)OC)s2)cc1. The van der Waals surface area contributed by atoms with Gasteiger partial charge < -0.3 is 18.4 Å². The Morgan fingerprint density at radius 3 is 2.34 bits per heavy atom. The predicted molar refractivity (Wildman–Crippen MR) is 175 cm³/mol. The van der Waals surface area contributed by atoms with Crippen molar-refractivity contribution in [2.24, 2.45) is 5.92 Å². The summed E-state index contributed by atoms with van der Waals surface area (Å²) >= 11 is 1.34. The third kappa shape index (κ3) is 9.84. The largest absolute Gasteiger partial charge is 0.534 e. The molecule has 4 rings (SSSR count). The molecule has 2 atom stereocenters. The molecule has 12 heteroatoms.